The van der Waals surface area contributed by atoms with Gasteiger partial charge in [-0.2, -0.15) is 0 Å². The highest BCUT2D eigenvalue weighted by Crippen LogP contribution is 2.19. The Balaban J connectivity index is 0.000000535. The molecule has 0 spiro atoms. The van der Waals surface area contributed by atoms with E-state index in [0.29, 0.717) is 120 Å². The number of nitrogens with two attached hydrogens (primary N) is 2. The predicted octanol–water partition coefficient (Wildman–Crippen LogP) is 8.26. The molecule has 0 unspecified atom stereocenters. The number of nitrogens with one attached hydrogen (secondary N) is 10. The number of aryl methyl sites for hydroxylation is 6. The summed E-state index contributed by atoms with van der Waals surface area (Å²) in [6.07, 6.45) is 0.814. The second-order valence-corrected chi connectivity index (χ2v) is 20.5. The smallest absolute Gasteiger partial charge is 0.236 e. The molecular formula is C56H77Br2Cl3N20O7. The zero-order valence-corrected chi connectivity index (χ0v) is 56.3. The number of nitrogen functional groups attached to an aromatic ring is 2. The monoisotopic (exact) mass is 1400 g/mol. The summed E-state index contributed by atoms with van der Waals surface area (Å²) >= 11 is 23.0. The minimum atomic E-state index is -0.172. The second-order valence-electron chi connectivity index (χ2n) is 18.2. The van der Waals surface area contributed by atoms with Gasteiger partial charge in [0.25, 0.3) is 0 Å². The molecule has 2 aromatic carbocycles. The Morgan fingerprint density at radius 3 is 1.15 bits per heavy atom. The van der Waals surface area contributed by atoms with Gasteiger partial charge in [-0.05, 0) is 89.1 Å². The number of anilines is 9. The normalized spacial score (nSPS) is 9.77. The van der Waals surface area contributed by atoms with Crippen molar-refractivity contribution in [3.8, 4) is 0 Å². The van der Waals surface area contributed by atoms with Crippen LogP contribution in [-0.2, 0) is 33.6 Å². The van der Waals surface area contributed by atoms with Gasteiger partial charge in [0.1, 0.15) is 67.8 Å². The van der Waals surface area contributed by atoms with Gasteiger partial charge in [-0.25, -0.2) is 39.9 Å². The number of halogens is 5. The van der Waals surface area contributed by atoms with Crippen LogP contribution < -0.4 is 64.6 Å². The lowest BCUT2D eigenvalue weighted by molar-refractivity contribution is -0.119. The summed E-state index contributed by atoms with van der Waals surface area (Å²) in [4.78, 5) is 108. The maximum absolute atomic E-state index is 11.3. The molecule has 0 aliphatic rings. The molecule has 7 amide bonds. The number of rotatable bonds is 20. The predicted molar refractivity (Wildman–Crippen MR) is 357 cm³/mol. The van der Waals surface area contributed by atoms with Crippen LogP contribution in [0.2, 0.25) is 15.5 Å². The zero-order chi connectivity index (χ0) is 66.3. The van der Waals surface area contributed by atoms with Gasteiger partial charge in [-0.1, -0.05) is 80.5 Å². The van der Waals surface area contributed by atoms with E-state index in [-0.39, 0.29) is 52.0 Å². The Bertz CT molecular complexity index is 2980. The van der Waals surface area contributed by atoms with Crippen molar-refractivity contribution in [1.29, 1.82) is 0 Å². The van der Waals surface area contributed by atoms with E-state index in [9.17, 15) is 33.6 Å². The summed E-state index contributed by atoms with van der Waals surface area (Å²) in [6, 6.07) is 17.7. The number of alkyl halides is 2. The molecule has 0 aliphatic heterocycles. The fourth-order valence-corrected chi connectivity index (χ4v) is 7.46. The van der Waals surface area contributed by atoms with Crippen LogP contribution in [0.4, 0.5) is 51.8 Å². The number of hydrogen-bond donors (Lipinski definition) is 12. The molecule has 27 nitrogen and oxygen atoms in total. The van der Waals surface area contributed by atoms with E-state index in [4.69, 9.17) is 46.3 Å². The third-order valence-corrected chi connectivity index (χ3v) is 11.5. The lowest BCUT2D eigenvalue weighted by atomic mass is 10.2. The Kier molecular flexibility index (Phi) is 38.5. The van der Waals surface area contributed by atoms with Crippen molar-refractivity contribution < 1.29 is 33.6 Å². The van der Waals surface area contributed by atoms with Crippen LogP contribution in [0.1, 0.15) is 81.9 Å². The van der Waals surface area contributed by atoms with E-state index >= 15 is 0 Å². The van der Waals surface area contributed by atoms with Crippen LogP contribution >= 0.6 is 66.7 Å². The SMILES string of the molecule is CC(=O)NCCNc1cc(C)cc(N)c1.CC(=O)NCCNc1cc(C)cc(NC(=O)CBr)c1.CCC(=O)Nc1cc(Cl)nc(C)n1.CCC(=O)Nc1cc(NCCNC(C)=O)nc(C)n1.Cc1nc(Cl)cc(NC(=O)CBr)n1.Cc1nc(N)cc(Cl)n1. The van der Waals surface area contributed by atoms with Gasteiger partial charge >= 0.3 is 0 Å². The topological polar surface area (TPSA) is 395 Å². The van der Waals surface area contributed by atoms with Crippen LogP contribution in [0, 0.1) is 41.5 Å². The van der Waals surface area contributed by atoms with E-state index in [1.54, 1.807) is 47.6 Å². The highest BCUT2D eigenvalue weighted by Gasteiger charge is 2.08. The molecule has 14 N–H and O–H groups in total. The van der Waals surface area contributed by atoms with Crippen LogP contribution in [0.15, 0.2) is 60.7 Å². The van der Waals surface area contributed by atoms with Gasteiger partial charge in [-0.3, -0.25) is 33.6 Å². The van der Waals surface area contributed by atoms with Crippen LogP contribution in [0.25, 0.3) is 0 Å². The van der Waals surface area contributed by atoms with Crippen molar-refractivity contribution in [2.24, 2.45) is 0 Å². The molecule has 0 atom stereocenters. The van der Waals surface area contributed by atoms with Gasteiger partial charge in [0, 0.05) is 120 Å². The number of benzene rings is 2. The number of carbonyl (C=O) groups excluding carboxylic acids is 7. The molecule has 4 aromatic heterocycles. The molecule has 0 radical (unpaired) electrons. The third kappa shape index (κ3) is 38.8. The summed E-state index contributed by atoms with van der Waals surface area (Å²) in [5, 5.41) is 29.7. The summed E-state index contributed by atoms with van der Waals surface area (Å²) in [5.74, 6) is 4.02. The summed E-state index contributed by atoms with van der Waals surface area (Å²) < 4.78 is 0. The van der Waals surface area contributed by atoms with E-state index in [0.717, 1.165) is 33.9 Å². The molecule has 6 aromatic rings. The molecule has 478 valence electrons. The van der Waals surface area contributed by atoms with Crippen molar-refractivity contribution in [2.75, 3.05) is 98.6 Å². The quantitative estimate of drug-likeness (QED) is 0.0148. The van der Waals surface area contributed by atoms with E-state index in [1.807, 2.05) is 50.2 Å². The van der Waals surface area contributed by atoms with Gasteiger partial charge in [0.2, 0.25) is 41.4 Å². The number of aromatic nitrogens is 8. The minimum Gasteiger partial charge on any atom is -0.399 e. The highest BCUT2D eigenvalue weighted by atomic mass is 79.9. The first-order valence-electron chi connectivity index (χ1n) is 26.9. The standard InChI is InChI=1S/C13H18BrN3O2.C12H19N5O2.C11H17N3O.C8H10ClN3O.C7H7BrClN3O.C5H6ClN3/c1-9-5-11(16-4-3-15-10(2)18)7-12(6-9)17-13(19)8-14;1-4-12(19)17-11-7-10(15-8(2)16-11)14-6-5-13-9(3)18;1-8-5-10(12)7-11(6-8)14-4-3-13-9(2)15;1-3-8(13)12-7-4-6(9)10-5(2)11-7;1-4-10-5(9)2-6(11-4)12-7(13)3-8;1-3-8-4(6)2-5(7)9-3/h5-7,16H,3-4,8H2,1-2H3,(H,15,18)(H,17,19);7H,4-6H2,1-3H3,(H,13,18)(H2,14,15,16,17,19);5-7,14H,3-4,12H2,1-2H3,(H,13,15);4H,3H2,1-2H3,(H,10,11,12,13);2H,3H2,1H3,(H,10,11,12,13);2H,1H3,(H2,7,8,9). The molecule has 0 bridgehead atoms. The average molecular weight is 1410 g/mol. The Morgan fingerprint density at radius 2 is 0.750 bits per heavy atom. The summed E-state index contributed by atoms with van der Waals surface area (Å²) in [6.45, 7) is 22.4. The number of nitrogens with zero attached hydrogens (tertiary/aromatic N) is 8. The van der Waals surface area contributed by atoms with Crippen molar-refractivity contribution in [3.63, 3.8) is 0 Å². The molecule has 88 heavy (non-hydrogen) atoms. The first kappa shape index (κ1) is 77.9. The molecule has 6 rings (SSSR count). The van der Waals surface area contributed by atoms with Gasteiger partial charge in [-0.15, -0.1) is 0 Å². The number of amides is 7. The molecule has 32 heteroatoms. The Hall–Kier alpha value is -8.12. The second kappa shape index (κ2) is 43.5. The molecule has 0 saturated heterocycles. The lowest BCUT2D eigenvalue weighted by Gasteiger charge is -2.11. The Morgan fingerprint density at radius 1 is 0.398 bits per heavy atom. The molecule has 0 aliphatic carbocycles. The minimum absolute atomic E-state index is 0.0134. The average Bonchev–Trinajstić information content (AvgIpc) is 3.63. The first-order chi connectivity index (χ1) is 41.5. The van der Waals surface area contributed by atoms with Crippen molar-refractivity contribution in [2.45, 2.75) is 89.0 Å². The fourth-order valence-electron chi connectivity index (χ4n) is 6.49. The maximum Gasteiger partial charge on any atom is 0.236 e. The van der Waals surface area contributed by atoms with Crippen LogP contribution in [0.3, 0.4) is 0 Å². The van der Waals surface area contributed by atoms with E-state index in [2.05, 4.69) is 125 Å². The molecule has 0 saturated carbocycles. The van der Waals surface area contributed by atoms with Crippen molar-refractivity contribution in [3.05, 3.63) is 111 Å². The van der Waals surface area contributed by atoms with Crippen LogP contribution in [0.5, 0.6) is 0 Å². The summed E-state index contributed by atoms with van der Waals surface area (Å²) in [5.41, 5.74) is 16.6. The zero-order valence-electron chi connectivity index (χ0n) is 50.8. The molecular weight excluding hydrogens is 1330 g/mol. The number of hydrogen-bond acceptors (Lipinski definition) is 20. The largest absolute Gasteiger partial charge is 0.399 e. The molecule has 4 heterocycles. The lowest BCUT2D eigenvalue weighted by Crippen LogP contribution is -2.26. The van der Waals surface area contributed by atoms with Crippen molar-refractivity contribution >= 4 is 160 Å². The highest BCUT2D eigenvalue weighted by molar-refractivity contribution is 9.09. The Labute approximate surface area is 544 Å². The fraction of sp³-hybridized carbons (Fsp3) is 0.375. The first-order valence-corrected chi connectivity index (χ1v) is 30.3. The van der Waals surface area contributed by atoms with Crippen LogP contribution in [-0.4, -0.2) is 131 Å². The van der Waals surface area contributed by atoms with E-state index in [1.165, 1.54) is 39.0 Å². The van der Waals surface area contributed by atoms with Gasteiger partial charge in [0.05, 0.1) is 10.7 Å². The van der Waals surface area contributed by atoms with Gasteiger partial charge < -0.3 is 64.6 Å². The summed E-state index contributed by atoms with van der Waals surface area (Å²) in [7, 11) is 0. The van der Waals surface area contributed by atoms with E-state index < -0.39 is 0 Å². The maximum atomic E-state index is 11.3. The molecule has 0 fully saturated rings. The van der Waals surface area contributed by atoms with Gasteiger partial charge in [0.15, 0.2) is 0 Å². The third-order valence-electron chi connectivity index (χ3n) is 9.89. The number of carbonyl (C=O) groups is 7. The van der Waals surface area contributed by atoms with Crippen molar-refractivity contribution in [1.82, 2.24) is 55.8 Å².